The second-order valence-corrected chi connectivity index (χ2v) is 5.16. The summed E-state index contributed by atoms with van der Waals surface area (Å²) in [6, 6.07) is 10.6. The molecule has 6 heteroatoms. The molecule has 0 atom stereocenters. The molecule has 1 heterocycles. The fourth-order valence-corrected chi connectivity index (χ4v) is 2.04. The van der Waals surface area contributed by atoms with Crippen molar-refractivity contribution >= 4 is 21.8 Å². The molecule has 0 fully saturated rings. The lowest BCUT2D eigenvalue weighted by Crippen LogP contribution is -2.25. The molecule has 2 rings (SSSR count). The van der Waals surface area contributed by atoms with Crippen LogP contribution in [0.15, 0.2) is 47.1 Å². The van der Waals surface area contributed by atoms with E-state index in [2.05, 4.69) is 26.2 Å². The molecule has 110 valence electrons. The zero-order valence-corrected chi connectivity index (χ0v) is 12.8. The Kier molecular flexibility index (Phi) is 5.71. The number of carbonyl (C=O) groups excluding carboxylic acids is 1. The molecule has 0 radical (unpaired) electrons. The first-order valence-electron chi connectivity index (χ1n) is 6.48. The van der Waals surface area contributed by atoms with Gasteiger partial charge in [0.05, 0.1) is 0 Å². The predicted octanol–water partition coefficient (Wildman–Crippen LogP) is 2.75. The number of benzene rings is 1. The Morgan fingerprint density at radius 2 is 2.19 bits per heavy atom. The van der Waals surface area contributed by atoms with E-state index in [1.165, 1.54) is 0 Å². The van der Waals surface area contributed by atoms with Crippen molar-refractivity contribution < 1.29 is 14.6 Å². The van der Waals surface area contributed by atoms with Gasteiger partial charge in [-0.1, -0.05) is 22.0 Å². The lowest BCUT2D eigenvalue weighted by atomic mass is 10.2. The normalized spacial score (nSPS) is 10.2. The van der Waals surface area contributed by atoms with Gasteiger partial charge in [0.15, 0.2) is 0 Å². The maximum absolute atomic E-state index is 12.1. The predicted molar refractivity (Wildman–Crippen MR) is 82.5 cm³/mol. The van der Waals surface area contributed by atoms with Crippen molar-refractivity contribution in [2.24, 2.45) is 0 Å². The zero-order chi connectivity index (χ0) is 15.1. The number of pyridine rings is 1. The van der Waals surface area contributed by atoms with Crippen molar-refractivity contribution in [2.45, 2.75) is 6.42 Å². The molecule has 2 aromatic rings. The fourth-order valence-electron chi connectivity index (χ4n) is 1.66. The van der Waals surface area contributed by atoms with E-state index in [-0.39, 0.29) is 18.4 Å². The molecule has 1 aromatic carbocycles. The van der Waals surface area contributed by atoms with E-state index in [1.807, 2.05) is 12.1 Å². The minimum absolute atomic E-state index is 0.0364. The minimum atomic E-state index is -0.276. The van der Waals surface area contributed by atoms with Gasteiger partial charge in [-0.05, 0) is 36.8 Å². The van der Waals surface area contributed by atoms with E-state index in [0.717, 1.165) is 4.47 Å². The van der Waals surface area contributed by atoms with Gasteiger partial charge in [0, 0.05) is 23.8 Å². The lowest BCUT2D eigenvalue weighted by Gasteiger charge is -2.10. The largest absolute Gasteiger partial charge is 0.438 e. The number of halogens is 1. The number of aromatic nitrogens is 1. The quantitative estimate of drug-likeness (QED) is 0.785. The first-order chi connectivity index (χ1) is 10.2. The maximum atomic E-state index is 12.1. The summed E-state index contributed by atoms with van der Waals surface area (Å²) >= 11 is 3.36. The Morgan fingerprint density at radius 1 is 1.33 bits per heavy atom. The number of nitrogens with one attached hydrogen (secondary N) is 1. The second-order valence-electron chi connectivity index (χ2n) is 4.25. The summed E-state index contributed by atoms with van der Waals surface area (Å²) in [6.45, 7) is 0.440. The van der Waals surface area contributed by atoms with E-state index in [0.29, 0.717) is 24.3 Å². The van der Waals surface area contributed by atoms with Crippen LogP contribution in [-0.4, -0.2) is 29.1 Å². The number of hydrogen-bond donors (Lipinski definition) is 2. The average Bonchev–Trinajstić information content (AvgIpc) is 2.48. The molecular weight excluding hydrogens is 336 g/mol. The van der Waals surface area contributed by atoms with Gasteiger partial charge in [-0.15, -0.1) is 0 Å². The Morgan fingerprint density at radius 3 is 2.95 bits per heavy atom. The van der Waals surface area contributed by atoms with E-state index in [1.54, 1.807) is 30.5 Å². The van der Waals surface area contributed by atoms with Crippen LogP contribution in [0.4, 0.5) is 0 Å². The number of ether oxygens (including phenoxy) is 1. The Labute approximate surface area is 131 Å². The topological polar surface area (TPSA) is 71.5 Å². The molecule has 1 aromatic heterocycles. The summed E-state index contributed by atoms with van der Waals surface area (Å²) in [4.78, 5) is 16.2. The van der Waals surface area contributed by atoms with E-state index in [9.17, 15) is 4.79 Å². The van der Waals surface area contributed by atoms with E-state index < -0.39 is 0 Å². The molecular formula is C15H15BrN2O3. The molecule has 0 saturated carbocycles. The lowest BCUT2D eigenvalue weighted by molar-refractivity contribution is 0.0948. The second kappa shape index (κ2) is 7.75. The fraction of sp³-hybridized carbons (Fsp3) is 0.200. The van der Waals surface area contributed by atoms with Crippen LogP contribution < -0.4 is 10.1 Å². The zero-order valence-electron chi connectivity index (χ0n) is 11.3. The van der Waals surface area contributed by atoms with Gasteiger partial charge in [0.1, 0.15) is 11.3 Å². The highest BCUT2D eigenvalue weighted by Gasteiger charge is 2.13. The molecule has 0 aliphatic rings. The first kappa shape index (κ1) is 15.5. The van der Waals surface area contributed by atoms with Gasteiger partial charge in [0.25, 0.3) is 5.91 Å². The monoisotopic (exact) mass is 350 g/mol. The third-order valence-electron chi connectivity index (χ3n) is 2.65. The van der Waals surface area contributed by atoms with Crippen LogP contribution in [0, 0.1) is 0 Å². The van der Waals surface area contributed by atoms with Crippen LogP contribution in [0.1, 0.15) is 16.8 Å². The number of amides is 1. The maximum Gasteiger partial charge on any atom is 0.256 e. The van der Waals surface area contributed by atoms with Gasteiger partial charge in [0.2, 0.25) is 5.88 Å². The summed E-state index contributed by atoms with van der Waals surface area (Å²) in [5, 5.41) is 11.4. The SMILES string of the molecule is O=C(NCCCO)c1cccnc1Oc1cccc(Br)c1. The van der Waals surface area contributed by atoms with Gasteiger partial charge in [-0.3, -0.25) is 4.79 Å². The van der Waals surface area contributed by atoms with Crippen molar-refractivity contribution in [1.29, 1.82) is 0 Å². The smallest absolute Gasteiger partial charge is 0.256 e. The third-order valence-corrected chi connectivity index (χ3v) is 3.14. The van der Waals surface area contributed by atoms with Crippen molar-refractivity contribution in [1.82, 2.24) is 10.3 Å². The van der Waals surface area contributed by atoms with Crippen molar-refractivity contribution in [3.05, 3.63) is 52.6 Å². The van der Waals surface area contributed by atoms with E-state index in [4.69, 9.17) is 9.84 Å². The van der Waals surface area contributed by atoms with Crippen LogP contribution in [0.3, 0.4) is 0 Å². The van der Waals surface area contributed by atoms with Crippen LogP contribution in [0.2, 0.25) is 0 Å². The summed E-state index contributed by atoms with van der Waals surface area (Å²) in [6.07, 6.45) is 2.08. The van der Waals surface area contributed by atoms with Gasteiger partial charge < -0.3 is 15.2 Å². The minimum Gasteiger partial charge on any atom is -0.438 e. The number of hydrogen-bond acceptors (Lipinski definition) is 4. The number of aliphatic hydroxyl groups excluding tert-OH is 1. The highest BCUT2D eigenvalue weighted by Crippen LogP contribution is 2.25. The molecule has 21 heavy (non-hydrogen) atoms. The van der Waals surface area contributed by atoms with Crippen LogP contribution in [0.25, 0.3) is 0 Å². The number of aliphatic hydroxyl groups is 1. The third kappa shape index (κ3) is 4.54. The Balaban J connectivity index is 2.15. The summed E-state index contributed by atoms with van der Waals surface area (Å²) in [7, 11) is 0. The molecule has 2 N–H and O–H groups in total. The van der Waals surface area contributed by atoms with Gasteiger partial charge in [-0.25, -0.2) is 4.98 Å². The van der Waals surface area contributed by atoms with Crippen LogP contribution in [-0.2, 0) is 0 Å². The van der Waals surface area contributed by atoms with Crippen LogP contribution in [0.5, 0.6) is 11.6 Å². The van der Waals surface area contributed by atoms with Crippen molar-refractivity contribution in [2.75, 3.05) is 13.2 Å². The number of nitrogens with zero attached hydrogens (tertiary/aromatic N) is 1. The van der Waals surface area contributed by atoms with Crippen molar-refractivity contribution in [3.8, 4) is 11.6 Å². The molecule has 0 aliphatic heterocycles. The molecule has 0 unspecified atom stereocenters. The summed E-state index contributed by atoms with van der Waals surface area (Å²) < 4.78 is 6.55. The summed E-state index contributed by atoms with van der Waals surface area (Å²) in [5.41, 5.74) is 0.357. The average molecular weight is 351 g/mol. The highest BCUT2D eigenvalue weighted by atomic mass is 79.9. The molecule has 1 amide bonds. The van der Waals surface area contributed by atoms with Crippen LogP contribution >= 0.6 is 15.9 Å². The van der Waals surface area contributed by atoms with Gasteiger partial charge >= 0.3 is 0 Å². The number of rotatable bonds is 6. The van der Waals surface area contributed by atoms with Crippen molar-refractivity contribution in [3.63, 3.8) is 0 Å². The molecule has 0 spiro atoms. The molecule has 0 bridgehead atoms. The summed E-state index contributed by atoms with van der Waals surface area (Å²) in [5.74, 6) is 0.561. The Bertz CT molecular complexity index is 619. The molecule has 5 nitrogen and oxygen atoms in total. The van der Waals surface area contributed by atoms with E-state index >= 15 is 0 Å². The number of carbonyl (C=O) groups is 1. The molecule has 0 aliphatic carbocycles. The standard InChI is InChI=1S/C15H15BrN2O3/c16-11-4-1-5-12(10-11)21-15-13(6-2-7-18-15)14(20)17-8-3-9-19/h1-2,4-7,10,19H,3,8-9H2,(H,17,20). The Hall–Kier alpha value is -1.92. The molecule has 0 saturated heterocycles. The first-order valence-corrected chi connectivity index (χ1v) is 7.27. The van der Waals surface area contributed by atoms with Gasteiger partial charge in [-0.2, -0.15) is 0 Å². The highest BCUT2D eigenvalue weighted by molar-refractivity contribution is 9.10.